The lowest BCUT2D eigenvalue weighted by Crippen LogP contribution is -2.33. The van der Waals surface area contributed by atoms with Gasteiger partial charge < -0.3 is 5.32 Å². The third-order valence-electron chi connectivity index (χ3n) is 3.38. The van der Waals surface area contributed by atoms with Gasteiger partial charge in [-0.2, -0.15) is 0 Å². The van der Waals surface area contributed by atoms with Gasteiger partial charge in [0.25, 0.3) is 0 Å². The zero-order valence-corrected chi connectivity index (χ0v) is 12.5. The molecule has 1 aromatic rings. The highest BCUT2D eigenvalue weighted by molar-refractivity contribution is 7.92. The fourth-order valence-electron chi connectivity index (χ4n) is 2.27. The normalized spacial score (nSPS) is 17.4. The van der Waals surface area contributed by atoms with Crippen molar-refractivity contribution in [1.29, 1.82) is 0 Å². The van der Waals surface area contributed by atoms with E-state index in [1.54, 1.807) is 12.1 Å². The Balaban J connectivity index is 2.05. The molecule has 0 unspecified atom stereocenters. The maximum atomic E-state index is 12.2. The van der Waals surface area contributed by atoms with Crippen molar-refractivity contribution in [3.63, 3.8) is 0 Å². The molecule has 0 aromatic heterocycles. The number of hydrogen-bond donors (Lipinski definition) is 2. The van der Waals surface area contributed by atoms with Crippen LogP contribution in [-0.4, -0.2) is 27.3 Å². The summed E-state index contributed by atoms with van der Waals surface area (Å²) >= 11 is 5.89. The van der Waals surface area contributed by atoms with Crippen LogP contribution in [0.3, 0.4) is 0 Å². The second kappa shape index (κ2) is 6.11. The van der Waals surface area contributed by atoms with Crippen LogP contribution in [0.25, 0.3) is 0 Å². The number of rotatable bonds is 4. The minimum atomic E-state index is -3.31. The smallest absolute Gasteiger partial charge is 0.233 e. The molecule has 4 nitrogen and oxygen atoms in total. The number of hydrogen-bond acceptors (Lipinski definition) is 3. The zero-order valence-electron chi connectivity index (χ0n) is 10.9. The fraction of sp³-hybridized carbons (Fsp3) is 0.538. The molecule has 1 fully saturated rings. The summed E-state index contributed by atoms with van der Waals surface area (Å²) in [5.41, 5.74) is 1.44. The Kier molecular flexibility index (Phi) is 4.71. The van der Waals surface area contributed by atoms with Crippen molar-refractivity contribution in [2.75, 3.05) is 23.6 Å². The van der Waals surface area contributed by atoms with Crippen LogP contribution in [0.4, 0.5) is 5.69 Å². The van der Waals surface area contributed by atoms with E-state index in [4.69, 9.17) is 11.6 Å². The van der Waals surface area contributed by atoms with E-state index in [1.807, 2.05) is 13.0 Å². The van der Waals surface area contributed by atoms with E-state index < -0.39 is 10.0 Å². The molecule has 0 aliphatic carbocycles. The maximum absolute atomic E-state index is 12.2. The molecule has 2 N–H and O–H groups in total. The van der Waals surface area contributed by atoms with E-state index in [9.17, 15) is 8.42 Å². The van der Waals surface area contributed by atoms with Gasteiger partial charge in [0.1, 0.15) is 0 Å². The van der Waals surface area contributed by atoms with Gasteiger partial charge in [0, 0.05) is 5.02 Å². The third kappa shape index (κ3) is 4.37. The van der Waals surface area contributed by atoms with Crippen LogP contribution >= 0.6 is 11.6 Å². The van der Waals surface area contributed by atoms with E-state index in [2.05, 4.69) is 10.0 Å². The molecular weight excluding hydrogens is 284 g/mol. The van der Waals surface area contributed by atoms with Crippen LogP contribution in [0.1, 0.15) is 18.4 Å². The number of sulfonamides is 1. The third-order valence-corrected chi connectivity index (χ3v) is 5.06. The molecule has 0 bridgehead atoms. The Morgan fingerprint density at radius 1 is 1.37 bits per heavy atom. The lowest BCUT2D eigenvalue weighted by atomic mass is 10.0. The van der Waals surface area contributed by atoms with E-state index >= 15 is 0 Å². The van der Waals surface area contributed by atoms with Gasteiger partial charge in [-0.3, -0.25) is 4.72 Å². The molecule has 0 saturated carbocycles. The van der Waals surface area contributed by atoms with E-state index in [0.717, 1.165) is 31.5 Å². The van der Waals surface area contributed by atoms with Gasteiger partial charge in [0.2, 0.25) is 10.0 Å². The summed E-state index contributed by atoms with van der Waals surface area (Å²) in [6, 6.07) is 5.21. The second-order valence-electron chi connectivity index (χ2n) is 5.04. The Morgan fingerprint density at radius 3 is 2.74 bits per heavy atom. The van der Waals surface area contributed by atoms with Gasteiger partial charge in [0.05, 0.1) is 11.4 Å². The number of nitrogens with one attached hydrogen (secondary N) is 2. The molecule has 0 radical (unpaired) electrons. The first-order valence-corrected chi connectivity index (χ1v) is 8.47. The lowest BCUT2D eigenvalue weighted by molar-refractivity contribution is 0.402. The van der Waals surface area contributed by atoms with Crippen molar-refractivity contribution in [2.45, 2.75) is 19.8 Å². The molecule has 1 saturated heterocycles. The van der Waals surface area contributed by atoms with Gasteiger partial charge in [-0.25, -0.2) is 8.42 Å². The average molecular weight is 303 g/mol. The summed E-state index contributed by atoms with van der Waals surface area (Å²) in [4.78, 5) is 0. The van der Waals surface area contributed by atoms with Crippen molar-refractivity contribution in [3.05, 3.63) is 28.8 Å². The maximum Gasteiger partial charge on any atom is 0.233 e. The molecule has 0 amide bonds. The molecular formula is C13H19ClN2O2S. The largest absolute Gasteiger partial charge is 0.317 e. The van der Waals surface area contributed by atoms with Crippen LogP contribution in [0, 0.1) is 12.8 Å². The van der Waals surface area contributed by atoms with Crippen molar-refractivity contribution >= 4 is 27.3 Å². The number of piperidine rings is 1. The Bertz CT molecular complexity index is 540. The predicted molar refractivity (Wildman–Crippen MR) is 79.2 cm³/mol. The number of anilines is 1. The van der Waals surface area contributed by atoms with Crippen LogP contribution < -0.4 is 10.0 Å². The number of halogens is 1. The number of aryl methyl sites for hydroxylation is 1. The topological polar surface area (TPSA) is 58.2 Å². The van der Waals surface area contributed by atoms with Crippen molar-refractivity contribution < 1.29 is 8.42 Å². The van der Waals surface area contributed by atoms with Gasteiger partial charge in [-0.05, 0) is 56.5 Å². The first-order valence-electron chi connectivity index (χ1n) is 6.44. The standard InChI is InChI=1S/C13H19ClN2O2S/c1-10-2-3-12(14)8-13(10)16-19(17,18)9-11-4-6-15-7-5-11/h2-3,8,11,15-16H,4-7,9H2,1H3. The van der Waals surface area contributed by atoms with Crippen molar-refractivity contribution in [1.82, 2.24) is 5.32 Å². The van der Waals surface area contributed by atoms with E-state index in [-0.39, 0.29) is 11.7 Å². The molecule has 1 aliphatic heterocycles. The molecule has 0 atom stereocenters. The Morgan fingerprint density at radius 2 is 2.05 bits per heavy atom. The molecule has 0 spiro atoms. The zero-order chi connectivity index (χ0) is 13.9. The van der Waals surface area contributed by atoms with Gasteiger partial charge >= 0.3 is 0 Å². The van der Waals surface area contributed by atoms with Gasteiger partial charge in [-0.15, -0.1) is 0 Å². The first-order chi connectivity index (χ1) is 8.96. The highest BCUT2D eigenvalue weighted by atomic mass is 35.5. The quantitative estimate of drug-likeness (QED) is 0.898. The van der Waals surface area contributed by atoms with Gasteiger partial charge in [0.15, 0.2) is 0 Å². The number of benzene rings is 1. The lowest BCUT2D eigenvalue weighted by Gasteiger charge is -2.22. The predicted octanol–water partition coefficient (Wildman–Crippen LogP) is 2.39. The SMILES string of the molecule is Cc1ccc(Cl)cc1NS(=O)(=O)CC1CCNCC1. The summed E-state index contributed by atoms with van der Waals surface area (Å²) in [5, 5.41) is 3.77. The molecule has 2 rings (SSSR count). The highest BCUT2D eigenvalue weighted by Gasteiger charge is 2.21. The molecule has 1 aliphatic rings. The summed E-state index contributed by atoms with van der Waals surface area (Å²) in [5.74, 6) is 0.416. The minimum Gasteiger partial charge on any atom is -0.317 e. The second-order valence-corrected chi connectivity index (χ2v) is 7.24. The van der Waals surface area contributed by atoms with Crippen LogP contribution in [0.2, 0.25) is 5.02 Å². The summed E-state index contributed by atoms with van der Waals surface area (Å²) in [6.45, 7) is 3.66. The molecule has 106 valence electrons. The van der Waals surface area contributed by atoms with Crippen LogP contribution in [0.15, 0.2) is 18.2 Å². The monoisotopic (exact) mass is 302 g/mol. The van der Waals surface area contributed by atoms with E-state index in [1.165, 1.54) is 0 Å². The summed E-state index contributed by atoms with van der Waals surface area (Å²) < 4.78 is 27.0. The molecule has 1 aromatic carbocycles. The molecule has 1 heterocycles. The highest BCUT2D eigenvalue weighted by Crippen LogP contribution is 2.22. The van der Waals surface area contributed by atoms with Crippen LogP contribution in [0.5, 0.6) is 0 Å². The van der Waals surface area contributed by atoms with E-state index in [0.29, 0.717) is 10.7 Å². The van der Waals surface area contributed by atoms with Gasteiger partial charge in [-0.1, -0.05) is 17.7 Å². The van der Waals surface area contributed by atoms with Crippen molar-refractivity contribution in [2.24, 2.45) is 5.92 Å². The summed E-state index contributed by atoms with van der Waals surface area (Å²) in [6.07, 6.45) is 1.82. The van der Waals surface area contributed by atoms with Crippen molar-refractivity contribution in [3.8, 4) is 0 Å². The fourth-order valence-corrected chi connectivity index (χ4v) is 4.04. The van der Waals surface area contributed by atoms with Crippen LogP contribution in [-0.2, 0) is 10.0 Å². The molecule has 19 heavy (non-hydrogen) atoms. The minimum absolute atomic E-state index is 0.181. The summed E-state index contributed by atoms with van der Waals surface area (Å²) in [7, 11) is -3.31. The first kappa shape index (κ1) is 14.6. The average Bonchev–Trinajstić information content (AvgIpc) is 2.34. The Hall–Kier alpha value is -0.780. The Labute approximate surface area is 119 Å². The molecule has 6 heteroatoms.